The topological polar surface area (TPSA) is 512 Å². The fourth-order valence-corrected chi connectivity index (χ4v) is 15.0. The first kappa shape index (κ1) is 68.4. The third kappa shape index (κ3) is 12.8. The quantitative estimate of drug-likeness (QED) is 0.0448. The molecule has 6 saturated heterocycles. The van der Waals surface area contributed by atoms with Crippen molar-refractivity contribution in [2.75, 3.05) is 46.2 Å². The maximum atomic E-state index is 15.4. The first-order valence-electron chi connectivity index (χ1n) is 29.3. The number of allylic oxidation sites excluding steroid dienone is 1. The predicted molar refractivity (Wildman–Crippen MR) is 276 cm³/mol. The van der Waals surface area contributed by atoms with Crippen LogP contribution < -0.4 is 0 Å². The van der Waals surface area contributed by atoms with Crippen LogP contribution in [-0.2, 0) is 61.6 Å². The van der Waals surface area contributed by atoms with Crippen LogP contribution in [0.4, 0.5) is 0 Å². The third-order valence-electron chi connectivity index (χ3n) is 19.8. The molecule has 9 rings (SSSR count). The highest BCUT2D eigenvalue weighted by atomic mass is 16.8. The van der Waals surface area contributed by atoms with Crippen molar-refractivity contribution in [2.24, 2.45) is 28.1 Å². The highest BCUT2D eigenvalue weighted by molar-refractivity contribution is 5.77. The van der Waals surface area contributed by atoms with Gasteiger partial charge in [-0.15, -0.1) is 0 Å². The summed E-state index contributed by atoms with van der Waals surface area (Å²) in [7, 11) is 0. The summed E-state index contributed by atoms with van der Waals surface area (Å²) >= 11 is 0. The summed E-state index contributed by atoms with van der Waals surface area (Å²) in [6, 6.07) is 0. The Hall–Kier alpha value is -1.99. The summed E-state index contributed by atoms with van der Waals surface area (Å²) in [6.07, 6.45) is -49.6. The van der Waals surface area contributed by atoms with E-state index in [1.807, 2.05) is 6.92 Å². The number of hydrogen-bond acceptors (Lipinski definition) is 32. The van der Waals surface area contributed by atoms with Gasteiger partial charge < -0.3 is 154 Å². The Kier molecular flexibility index (Phi) is 22.0. The molecule has 0 aromatic carbocycles. The van der Waals surface area contributed by atoms with Gasteiger partial charge in [0.25, 0.3) is 0 Å². The molecule has 32 nitrogen and oxygen atoms in total. The molecule has 0 aromatic heterocycles. The minimum Gasteiger partial charge on any atom is -0.432 e. The number of rotatable bonds is 18. The lowest BCUT2D eigenvalue weighted by atomic mass is 9.40. The van der Waals surface area contributed by atoms with Gasteiger partial charge in [-0.1, -0.05) is 25.5 Å². The highest BCUT2D eigenvalue weighted by Crippen LogP contribution is 2.68. The smallest absolute Gasteiger partial charge is 0.314 e. The molecule has 32 heteroatoms. The maximum absolute atomic E-state index is 15.4. The summed E-state index contributed by atoms with van der Waals surface area (Å²) in [5.41, 5.74) is -2.06. The first-order valence-corrected chi connectivity index (χ1v) is 29.3. The minimum absolute atomic E-state index is 0.158. The minimum atomic E-state index is -2.08. The van der Waals surface area contributed by atoms with Gasteiger partial charge in [0.15, 0.2) is 37.6 Å². The summed E-state index contributed by atoms with van der Waals surface area (Å²) in [6.45, 7) is 3.00. The van der Waals surface area contributed by atoms with Gasteiger partial charge in [0.1, 0.15) is 134 Å². The second-order valence-electron chi connectivity index (χ2n) is 25.1. The number of esters is 1. The van der Waals surface area contributed by atoms with Gasteiger partial charge in [-0.05, 0) is 69.1 Å². The molecular formula is C54H88O32. The Labute approximate surface area is 493 Å². The van der Waals surface area contributed by atoms with Gasteiger partial charge in [-0.2, -0.15) is 0 Å². The average molecular weight is 1250 g/mol. The van der Waals surface area contributed by atoms with E-state index in [9.17, 15) is 97.0 Å². The number of aliphatic hydroxyl groups excluding tert-OH is 19. The van der Waals surface area contributed by atoms with Crippen molar-refractivity contribution in [1.29, 1.82) is 0 Å². The first-order chi connectivity index (χ1) is 40.7. The van der Waals surface area contributed by atoms with Crippen LogP contribution in [0.5, 0.6) is 0 Å². The van der Waals surface area contributed by atoms with E-state index in [1.165, 1.54) is 0 Å². The molecule has 34 atom stereocenters. The Morgan fingerprint density at radius 3 is 1.38 bits per heavy atom. The van der Waals surface area contributed by atoms with Crippen molar-refractivity contribution in [2.45, 2.75) is 243 Å². The van der Waals surface area contributed by atoms with Crippen LogP contribution in [0, 0.1) is 28.1 Å². The molecular weight excluding hydrogens is 1160 g/mol. The molecule has 6 aliphatic heterocycles. The van der Waals surface area contributed by atoms with Crippen LogP contribution in [0.1, 0.15) is 65.2 Å². The molecule has 496 valence electrons. The van der Waals surface area contributed by atoms with Gasteiger partial charge in [0.2, 0.25) is 6.29 Å². The van der Waals surface area contributed by atoms with Gasteiger partial charge >= 0.3 is 5.97 Å². The number of carbonyl (C=O) groups excluding carboxylic acids is 1. The number of fused-ring (bicyclic) bond motifs is 3. The van der Waals surface area contributed by atoms with E-state index < -0.39 is 246 Å². The van der Waals surface area contributed by atoms with Crippen molar-refractivity contribution in [3.05, 3.63) is 12.2 Å². The molecule has 0 bridgehead atoms. The maximum Gasteiger partial charge on any atom is 0.314 e. The highest BCUT2D eigenvalue weighted by Gasteiger charge is 2.66. The Bertz CT molecular complexity index is 2240. The standard InChI is InChI=1S/C54H88O32/c1-19-5-6-27-52(2)8-4-9-53(3,51(74)86-50-44(85-48-40(73)36(69)31(64)23(14-57)79-48)42(33(66)25(16-59)81-50)83-47-39(72)35(68)30(63)22(13-56)78-47)26(52)7-10-54(27,11-19)18-76-49-43(84-45-37(70)28(61)20(60)17-75-45)41(32(65)24(15-58)80-49)82-46-38(71)34(67)29(62)21(12-55)77-46/h20-50,55-73H,1,4-18H2,2-3H3. The zero-order valence-corrected chi connectivity index (χ0v) is 47.5. The van der Waals surface area contributed by atoms with E-state index in [4.69, 9.17) is 56.8 Å². The number of ether oxygens (including phenoxy) is 12. The second kappa shape index (κ2) is 27.7. The summed E-state index contributed by atoms with van der Waals surface area (Å²) in [4.78, 5) is 15.4. The molecule has 9 fully saturated rings. The monoisotopic (exact) mass is 1250 g/mol. The molecule has 34 unspecified atom stereocenters. The van der Waals surface area contributed by atoms with Crippen LogP contribution in [0.3, 0.4) is 0 Å². The van der Waals surface area contributed by atoms with Crippen molar-refractivity contribution in [3.8, 4) is 0 Å². The number of aliphatic hydroxyl groups is 19. The van der Waals surface area contributed by atoms with Crippen LogP contribution in [-0.4, -0.2) is 327 Å². The predicted octanol–water partition coefficient (Wildman–Crippen LogP) is -8.97. The summed E-state index contributed by atoms with van der Waals surface area (Å²) < 4.78 is 72.2. The Morgan fingerprint density at radius 1 is 0.477 bits per heavy atom. The van der Waals surface area contributed by atoms with E-state index in [1.54, 1.807) is 6.92 Å². The molecule has 19 N–H and O–H groups in total. The molecule has 6 heterocycles. The molecule has 0 radical (unpaired) electrons. The second-order valence-corrected chi connectivity index (χ2v) is 25.1. The lowest BCUT2D eigenvalue weighted by Crippen LogP contribution is -2.68. The Balaban J connectivity index is 1.00. The van der Waals surface area contributed by atoms with Gasteiger partial charge in [0.05, 0.1) is 51.7 Å². The van der Waals surface area contributed by atoms with Crippen molar-refractivity contribution >= 4 is 5.97 Å². The Morgan fingerprint density at radius 2 is 0.895 bits per heavy atom. The molecule has 86 heavy (non-hydrogen) atoms. The van der Waals surface area contributed by atoms with Gasteiger partial charge in [0, 0.05) is 5.41 Å². The van der Waals surface area contributed by atoms with E-state index in [2.05, 4.69) is 6.58 Å². The molecule has 9 aliphatic rings. The van der Waals surface area contributed by atoms with Gasteiger partial charge in [-0.25, -0.2) is 0 Å². The van der Waals surface area contributed by atoms with Crippen molar-refractivity contribution in [3.63, 3.8) is 0 Å². The van der Waals surface area contributed by atoms with E-state index >= 15 is 4.79 Å². The van der Waals surface area contributed by atoms with E-state index in [0.29, 0.717) is 44.9 Å². The largest absolute Gasteiger partial charge is 0.432 e. The molecule has 0 aromatic rings. The third-order valence-corrected chi connectivity index (χ3v) is 19.8. The van der Waals surface area contributed by atoms with Crippen molar-refractivity contribution < 1.29 is 159 Å². The van der Waals surface area contributed by atoms with Gasteiger partial charge in [-0.3, -0.25) is 4.79 Å². The van der Waals surface area contributed by atoms with Crippen LogP contribution >= 0.6 is 0 Å². The lowest BCUT2D eigenvalue weighted by molar-refractivity contribution is -0.389. The SMILES string of the molecule is C=C1CCC2C(COC3OC(CO)C(O)C(OC4OC(CO)C(O)C(O)C4O)C3OC3OCC(O)C(O)C3O)(CCC3C(C)(C(=O)OC4OC(CO)C(O)C(OC5OC(CO)C(O)C(O)C5O)C4OC4OC(CO)C(O)C(O)C4O)CCCC23C)C1. The van der Waals surface area contributed by atoms with Crippen LogP contribution in [0.2, 0.25) is 0 Å². The summed E-state index contributed by atoms with van der Waals surface area (Å²) in [5, 5.41) is 204. The van der Waals surface area contributed by atoms with E-state index in [0.717, 1.165) is 5.57 Å². The molecule has 0 spiro atoms. The van der Waals surface area contributed by atoms with E-state index in [-0.39, 0.29) is 18.9 Å². The molecule has 3 saturated carbocycles. The fraction of sp³-hybridized carbons (Fsp3) is 0.944. The normalized spacial score (nSPS) is 52.8. The van der Waals surface area contributed by atoms with Crippen molar-refractivity contribution in [1.82, 2.24) is 0 Å². The average Bonchev–Trinajstić information content (AvgIpc) is 0.771. The molecule has 0 amide bonds. The fourth-order valence-electron chi connectivity index (χ4n) is 15.0. The number of hydrogen-bond donors (Lipinski definition) is 19. The summed E-state index contributed by atoms with van der Waals surface area (Å²) in [5.74, 6) is -1.65. The number of carbonyl (C=O) groups is 1. The van der Waals surface area contributed by atoms with Crippen LogP contribution in [0.25, 0.3) is 0 Å². The zero-order valence-electron chi connectivity index (χ0n) is 47.5. The van der Waals surface area contributed by atoms with Crippen LogP contribution in [0.15, 0.2) is 12.2 Å². The lowest BCUT2D eigenvalue weighted by Gasteiger charge is -2.64. The molecule has 3 aliphatic carbocycles. The zero-order chi connectivity index (χ0) is 62.6.